The molecule has 1 aliphatic rings. The Bertz CT molecular complexity index is 356. The van der Waals surface area contributed by atoms with Gasteiger partial charge < -0.3 is 19.8 Å². The Hall–Kier alpha value is -1.33. The van der Waals surface area contributed by atoms with Crippen LogP contribution in [0, 0.1) is 6.92 Å². The smallest absolute Gasteiger partial charge is 0.250 e. The maximum atomic E-state index is 11.7. The number of ether oxygens (including phenoxy) is 1. The van der Waals surface area contributed by atoms with E-state index in [-0.39, 0.29) is 12.0 Å². The van der Waals surface area contributed by atoms with Gasteiger partial charge in [0.25, 0.3) is 5.91 Å². The van der Waals surface area contributed by atoms with Gasteiger partial charge in [0, 0.05) is 13.1 Å². The second-order valence-electron chi connectivity index (χ2n) is 3.79. The summed E-state index contributed by atoms with van der Waals surface area (Å²) in [6, 6.07) is 3.73. The van der Waals surface area contributed by atoms with E-state index in [4.69, 9.17) is 9.15 Å². The molecular formula is C11H16N2O3. The maximum Gasteiger partial charge on any atom is 0.250 e. The summed E-state index contributed by atoms with van der Waals surface area (Å²) in [5.41, 5.74) is 0. The Kier molecular flexibility index (Phi) is 3.58. The van der Waals surface area contributed by atoms with E-state index >= 15 is 0 Å². The zero-order valence-electron chi connectivity index (χ0n) is 9.29. The molecule has 0 aromatic carbocycles. The fraction of sp³-hybridized carbons (Fsp3) is 0.545. The molecule has 0 radical (unpaired) electrons. The monoisotopic (exact) mass is 224 g/mol. The number of amides is 1. The molecule has 0 aliphatic carbocycles. The van der Waals surface area contributed by atoms with Gasteiger partial charge in [-0.05, 0) is 19.1 Å². The minimum Gasteiger partial charge on any atom is -0.465 e. The zero-order valence-corrected chi connectivity index (χ0v) is 9.29. The Balaban J connectivity index is 1.78. The van der Waals surface area contributed by atoms with E-state index in [2.05, 4.69) is 10.6 Å². The summed E-state index contributed by atoms with van der Waals surface area (Å²) in [6.45, 7) is 4.24. The summed E-state index contributed by atoms with van der Waals surface area (Å²) in [6.07, 6.45) is -0.384. The Morgan fingerprint density at radius 2 is 2.50 bits per heavy atom. The van der Waals surface area contributed by atoms with Crippen LogP contribution in [0.25, 0.3) is 0 Å². The van der Waals surface area contributed by atoms with Gasteiger partial charge >= 0.3 is 0 Å². The highest BCUT2D eigenvalue weighted by molar-refractivity contribution is 5.81. The van der Waals surface area contributed by atoms with Gasteiger partial charge in [-0.2, -0.15) is 0 Å². The second kappa shape index (κ2) is 5.14. The summed E-state index contributed by atoms with van der Waals surface area (Å²) >= 11 is 0. The molecule has 5 heteroatoms. The van der Waals surface area contributed by atoms with Gasteiger partial charge in [0.15, 0.2) is 0 Å². The van der Waals surface area contributed by atoms with E-state index in [0.29, 0.717) is 19.7 Å². The van der Waals surface area contributed by atoms with E-state index in [1.807, 2.05) is 19.1 Å². The first kappa shape index (κ1) is 11.2. The van der Waals surface area contributed by atoms with Crippen molar-refractivity contribution in [2.75, 3.05) is 19.7 Å². The quantitative estimate of drug-likeness (QED) is 0.769. The van der Waals surface area contributed by atoms with Crippen molar-refractivity contribution in [3.63, 3.8) is 0 Å². The lowest BCUT2D eigenvalue weighted by Crippen LogP contribution is -2.47. The molecule has 1 aromatic rings. The summed E-state index contributed by atoms with van der Waals surface area (Å²) in [5.74, 6) is 1.51. The number of carbonyl (C=O) groups is 1. The van der Waals surface area contributed by atoms with Gasteiger partial charge in [-0.1, -0.05) is 0 Å². The molecule has 1 saturated heterocycles. The first-order valence-corrected chi connectivity index (χ1v) is 5.41. The molecule has 0 saturated carbocycles. The van der Waals surface area contributed by atoms with Crippen LogP contribution in [0.3, 0.4) is 0 Å². The van der Waals surface area contributed by atoms with Crippen molar-refractivity contribution >= 4 is 5.91 Å². The Morgan fingerprint density at radius 3 is 3.12 bits per heavy atom. The van der Waals surface area contributed by atoms with Gasteiger partial charge in [-0.25, -0.2) is 0 Å². The standard InChI is InChI=1S/C11H16N2O3/c1-8-2-3-9(16-8)6-13-11(14)10-7-12-4-5-15-10/h2-3,10,12H,4-7H2,1H3,(H,13,14). The zero-order chi connectivity index (χ0) is 11.4. The van der Waals surface area contributed by atoms with E-state index in [1.54, 1.807) is 0 Å². The average Bonchev–Trinajstić information content (AvgIpc) is 2.73. The molecule has 16 heavy (non-hydrogen) atoms. The highest BCUT2D eigenvalue weighted by Gasteiger charge is 2.21. The van der Waals surface area contributed by atoms with E-state index < -0.39 is 0 Å². The Morgan fingerprint density at radius 1 is 1.62 bits per heavy atom. The van der Waals surface area contributed by atoms with Crippen molar-refractivity contribution in [2.45, 2.75) is 19.6 Å². The molecule has 1 unspecified atom stereocenters. The maximum absolute atomic E-state index is 11.7. The highest BCUT2D eigenvalue weighted by atomic mass is 16.5. The third-order valence-electron chi connectivity index (χ3n) is 2.45. The van der Waals surface area contributed by atoms with Crippen molar-refractivity contribution in [2.24, 2.45) is 0 Å². The minimum atomic E-state index is -0.384. The van der Waals surface area contributed by atoms with Crippen LogP contribution in [-0.2, 0) is 16.1 Å². The fourth-order valence-electron chi connectivity index (χ4n) is 1.60. The van der Waals surface area contributed by atoms with Crippen LogP contribution in [0.2, 0.25) is 0 Å². The van der Waals surface area contributed by atoms with Crippen molar-refractivity contribution in [3.05, 3.63) is 23.7 Å². The summed E-state index contributed by atoms with van der Waals surface area (Å²) < 4.78 is 10.7. The molecule has 1 aromatic heterocycles. The molecule has 2 heterocycles. The van der Waals surface area contributed by atoms with Crippen LogP contribution in [0.4, 0.5) is 0 Å². The van der Waals surface area contributed by atoms with Crippen molar-refractivity contribution in [1.82, 2.24) is 10.6 Å². The first-order chi connectivity index (χ1) is 7.75. The summed E-state index contributed by atoms with van der Waals surface area (Å²) in [5, 5.41) is 5.89. The number of hydrogen-bond acceptors (Lipinski definition) is 4. The van der Waals surface area contributed by atoms with E-state index in [1.165, 1.54) is 0 Å². The predicted molar refractivity (Wildman–Crippen MR) is 57.9 cm³/mol. The number of carbonyl (C=O) groups excluding carboxylic acids is 1. The Labute approximate surface area is 94.1 Å². The van der Waals surface area contributed by atoms with Crippen LogP contribution in [0.15, 0.2) is 16.5 Å². The normalized spacial score (nSPS) is 20.7. The van der Waals surface area contributed by atoms with Gasteiger partial charge in [0.2, 0.25) is 0 Å². The largest absolute Gasteiger partial charge is 0.465 e. The second-order valence-corrected chi connectivity index (χ2v) is 3.79. The molecule has 1 atom stereocenters. The van der Waals surface area contributed by atoms with E-state index in [9.17, 15) is 4.79 Å². The van der Waals surface area contributed by atoms with Crippen LogP contribution < -0.4 is 10.6 Å². The number of morpholine rings is 1. The molecule has 0 bridgehead atoms. The van der Waals surface area contributed by atoms with Gasteiger partial charge in [0.1, 0.15) is 17.6 Å². The average molecular weight is 224 g/mol. The minimum absolute atomic E-state index is 0.0961. The highest BCUT2D eigenvalue weighted by Crippen LogP contribution is 2.05. The summed E-state index contributed by atoms with van der Waals surface area (Å²) in [7, 11) is 0. The van der Waals surface area contributed by atoms with Crippen LogP contribution in [0.5, 0.6) is 0 Å². The van der Waals surface area contributed by atoms with Gasteiger partial charge in [-0.15, -0.1) is 0 Å². The molecule has 88 valence electrons. The number of rotatable bonds is 3. The SMILES string of the molecule is Cc1ccc(CNC(=O)C2CNCCO2)o1. The van der Waals surface area contributed by atoms with Crippen LogP contribution >= 0.6 is 0 Å². The third-order valence-corrected chi connectivity index (χ3v) is 2.45. The predicted octanol–water partition coefficient (Wildman–Crippen LogP) is 0.193. The van der Waals surface area contributed by atoms with Crippen molar-refractivity contribution < 1.29 is 13.9 Å². The molecule has 0 spiro atoms. The molecule has 2 N–H and O–H groups in total. The molecule has 1 fully saturated rings. The molecule has 1 amide bonds. The van der Waals surface area contributed by atoms with E-state index in [0.717, 1.165) is 18.1 Å². The van der Waals surface area contributed by atoms with Crippen molar-refractivity contribution in [1.29, 1.82) is 0 Å². The van der Waals surface area contributed by atoms with Crippen LogP contribution in [0.1, 0.15) is 11.5 Å². The molecule has 2 rings (SSSR count). The van der Waals surface area contributed by atoms with Crippen LogP contribution in [-0.4, -0.2) is 31.7 Å². The number of hydrogen-bond donors (Lipinski definition) is 2. The molecular weight excluding hydrogens is 208 g/mol. The number of nitrogens with one attached hydrogen (secondary N) is 2. The van der Waals surface area contributed by atoms with Gasteiger partial charge in [0.05, 0.1) is 13.2 Å². The van der Waals surface area contributed by atoms with Gasteiger partial charge in [-0.3, -0.25) is 4.79 Å². The summed E-state index contributed by atoms with van der Waals surface area (Å²) in [4.78, 5) is 11.7. The number of furan rings is 1. The third kappa shape index (κ3) is 2.84. The lowest BCUT2D eigenvalue weighted by Gasteiger charge is -2.22. The van der Waals surface area contributed by atoms with Crippen molar-refractivity contribution in [3.8, 4) is 0 Å². The molecule has 5 nitrogen and oxygen atoms in total. The molecule has 1 aliphatic heterocycles. The lowest BCUT2D eigenvalue weighted by molar-refractivity contribution is -0.134. The topological polar surface area (TPSA) is 63.5 Å². The number of aryl methyl sites for hydroxylation is 1. The lowest BCUT2D eigenvalue weighted by atomic mass is 10.3. The fourth-order valence-corrected chi connectivity index (χ4v) is 1.60. The first-order valence-electron chi connectivity index (χ1n) is 5.41.